The van der Waals surface area contributed by atoms with Gasteiger partial charge in [0.05, 0.1) is 6.61 Å². The predicted octanol–water partition coefficient (Wildman–Crippen LogP) is 6.58. The largest absolute Gasteiger partial charge is 0.522 e. The molecule has 2 aliphatic rings. The summed E-state index contributed by atoms with van der Waals surface area (Å²) in [6, 6.07) is 4.18. The molecule has 0 spiro atoms. The predicted molar refractivity (Wildman–Crippen MR) is 88.5 cm³/mol. The van der Waals surface area contributed by atoms with Crippen LogP contribution in [0.3, 0.4) is 0 Å². The van der Waals surface area contributed by atoms with Gasteiger partial charge < -0.3 is 0 Å². The van der Waals surface area contributed by atoms with Gasteiger partial charge in [0.2, 0.25) is 0 Å². The average molecular weight is 376 g/mol. The molecule has 0 bridgehead atoms. The minimum atomic E-state index is -4.53. The van der Waals surface area contributed by atoms with Crippen molar-refractivity contribution >= 4 is 0 Å². The smallest absolute Gasteiger partial charge is 0.292 e. The lowest BCUT2D eigenvalue weighted by Gasteiger charge is -2.38. The summed E-state index contributed by atoms with van der Waals surface area (Å²) in [7, 11) is 0. The number of hydrogen-bond donors (Lipinski definition) is 0. The topological polar surface area (TPSA) is 9.23 Å². The van der Waals surface area contributed by atoms with E-state index in [4.69, 9.17) is 0 Å². The molecule has 1 nitrogen and oxygen atoms in total. The molecule has 3 rings (SSSR count). The maximum Gasteiger partial charge on any atom is 0.522 e. The van der Waals surface area contributed by atoms with Gasteiger partial charge in [0.15, 0.2) is 11.6 Å². The van der Waals surface area contributed by atoms with Crippen molar-refractivity contribution in [3.8, 4) is 0 Å². The molecule has 1 aromatic carbocycles. The minimum Gasteiger partial charge on any atom is -0.292 e. The molecule has 0 atom stereocenters. The van der Waals surface area contributed by atoms with Crippen LogP contribution in [-0.4, -0.2) is 13.0 Å². The van der Waals surface area contributed by atoms with Crippen LogP contribution in [0.15, 0.2) is 18.2 Å². The van der Waals surface area contributed by atoms with Gasteiger partial charge in [-0.15, -0.1) is 13.2 Å². The SMILES string of the molecule is Fc1ccc(C2CCC(C3CCC(COC(F)(F)F)CC3)CC2)cc1F. The average Bonchev–Trinajstić information content (AvgIpc) is 2.62. The highest BCUT2D eigenvalue weighted by Gasteiger charge is 2.34. The highest BCUT2D eigenvalue weighted by atomic mass is 19.4. The normalized spacial score (nSPS) is 30.3. The van der Waals surface area contributed by atoms with Gasteiger partial charge in [-0.1, -0.05) is 6.07 Å². The molecule has 6 heteroatoms. The van der Waals surface area contributed by atoms with E-state index in [9.17, 15) is 22.0 Å². The van der Waals surface area contributed by atoms with E-state index in [-0.39, 0.29) is 18.4 Å². The van der Waals surface area contributed by atoms with Crippen LogP contribution >= 0.6 is 0 Å². The minimum absolute atomic E-state index is 0.00593. The van der Waals surface area contributed by atoms with E-state index in [2.05, 4.69) is 4.74 Å². The molecule has 26 heavy (non-hydrogen) atoms. The lowest BCUT2D eigenvalue weighted by Crippen LogP contribution is -2.28. The van der Waals surface area contributed by atoms with Crippen LogP contribution in [0.25, 0.3) is 0 Å². The molecule has 0 unspecified atom stereocenters. The first-order valence-corrected chi connectivity index (χ1v) is 9.47. The summed E-state index contributed by atoms with van der Waals surface area (Å²) >= 11 is 0. The number of hydrogen-bond acceptors (Lipinski definition) is 1. The van der Waals surface area contributed by atoms with Crippen LogP contribution in [0.4, 0.5) is 22.0 Å². The summed E-state index contributed by atoms with van der Waals surface area (Å²) in [6.45, 7) is -0.223. The molecule has 2 saturated carbocycles. The fourth-order valence-corrected chi connectivity index (χ4v) is 4.73. The van der Waals surface area contributed by atoms with Gasteiger partial charge in [-0.3, -0.25) is 4.74 Å². The highest BCUT2D eigenvalue weighted by Crippen LogP contribution is 2.44. The van der Waals surface area contributed by atoms with Crippen molar-refractivity contribution in [1.82, 2.24) is 0 Å². The number of alkyl halides is 3. The second-order valence-corrected chi connectivity index (χ2v) is 7.82. The Hall–Kier alpha value is -1.17. The monoisotopic (exact) mass is 376 g/mol. The van der Waals surface area contributed by atoms with Gasteiger partial charge >= 0.3 is 6.36 Å². The molecule has 0 aromatic heterocycles. The van der Waals surface area contributed by atoms with Gasteiger partial charge in [-0.05, 0) is 92.7 Å². The Labute approximate surface area is 150 Å². The van der Waals surface area contributed by atoms with Crippen LogP contribution in [0.2, 0.25) is 0 Å². The fraction of sp³-hybridized carbons (Fsp3) is 0.700. The molecular weight excluding hydrogens is 351 g/mol. The molecule has 0 heterocycles. The summed E-state index contributed by atoms with van der Waals surface area (Å²) in [6.07, 6.45) is 3.03. The van der Waals surface area contributed by atoms with Crippen molar-refractivity contribution in [3.05, 3.63) is 35.4 Å². The van der Waals surface area contributed by atoms with E-state index in [1.165, 1.54) is 12.1 Å². The van der Waals surface area contributed by atoms with Gasteiger partial charge in [0.1, 0.15) is 0 Å². The van der Waals surface area contributed by atoms with Crippen molar-refractivity contribution in [2.24, 2.45) is 17.8 Å². The van der Waals surface area contributed by atoms with Crippen LogP contribution < -0.4 is 0 Å². The molecule has 146 valence electrons. The standard InChI is InChI=1S/C20H25F5O/c21-18-10-9-17(11-19(18)22)16-7-5-15(6-8-16)14-3-1-13(2-4-14)12-26-20(23,24)25/h9-11,13-16H,1-8,12H2. The van der Waals surface area contributed by atoms with E-state index in [1.54, 1.807) is 6.07 Å². The molecule has 2 fully saturated rings. The number of halogens is 5. The van der Waals surface area contributed by atoms with Crippen molar-refractivity contribution in [1.29, 1.82) is 0 Å². The Morgan fingerprint density at radius 1 is 0.808 bits per heavy atom. The third-order valence-electron chi connectivity index (χ3n) is 6.23. The second-order valence-electron chi connectivity index (χ2n) is 7.82. The first kappa shape index (κ1) is 19.6. The number of benzene rings is 1. The molecular formula is C20H25F5O. The molecule has 2 aliphatic carbocycles. The lowest BCUT2D eigenvalue weighted by molar-refractivity contribution is -0.329. The summed E-state index contributed by atoms with van der Waals surface area (Å²) in [5, 5.41) is 0. The Balaban J connectivity index is 1.43. The lowest BCUT2D eigenvalue weighted by atomic mass is 9.68. The second kappa shape index (κ2) is 8.24. The van der Waals surface area contributed by atoms with E-state index in [0.717, 1.165) is 56.9 Å². The van der Waals surface area contributed by atoms with Crippen LogP contribution in [0, 0.1) is 29.4 Å². The van der Waals surface area contributed by atoms with Crippen molar-refractivity contribution in [2.75, 3.05) is 6.61 Å². The molecule has 0 radical (unpaired) electrons. The van der Waals surface area contributed by atoms with E-state index < -0.39 is 18.0 Å². The van der Waals surface area contributed by atoms with Crippen LogP contribution in [0.1, 0.15) is 62.8 Å². The van der Waals surface area contributed by atoms with E-state index >= 15 is 0 Å². The zero-order valence-corrected chi connectivity index (χ0v) is 14.7. The number of ether oxygens (including phenoxy) is 1. The van der Waals surface area contributed by atoms with Gasteiger partial charge in [-0.25, -0.2) is 8.78 Å². The zero-order valence-electron chi connectivity index (χ0n) is 14.7. The molecule has 0 saturated heterocycles. The first-order valence-electron chi connectivity index (χ1n) is 9.47. The maximum atomic E-state index is 13.4. The maximum absolute atomic E-state index is 13.4. The highest BCUT2D eigenvalue weighted by molar-refractivity contribution is 5.22. The molecule has 0 aliphatic heterocycles. The molecule has 0 amide bonds. The van der Waals surface area contributed by atoms with E-state index in [0.29, 0.717) is 11.8 Å². The third kappa shape index (κ3) is 5.18. The van der Waals surface area contributed by atoms with Crippen molar-refractivity contribution in [3.63, 3.8) is 0 Å². The van der Waals surface area contributed by atoms with Crippen LogP contribution in [-0.2, 0) is 4.74 Å². The Bertz CT molecular complexity index is 584. The van der Waals surface area contributed by atoms with E-state index in [1.807, 2.05) is 0 Å². The summed E-state index contributed by atoms with van der Waals surface area (Å²) < 4.78 is 66.9. The quantitative estimate of drug-likeness (QED) is 0.539. The van der Waals surface area contributed by atoms with Crippen molar-refractivity contribution < 1.29 is 26.7 Å². The molecule has 0 N–H and O–H groups in total. The summed E-state index contributed by atoms with van der Waals surface area (Å²) in [5.74, 6) is -0.147. The number of rotatable bonds is 4. The third-order valence-corrected chi connectivity index (χ3v) is 6.23. The van der Waals surface area contributed by atoms with Gasteiger partial charge in [0, 0.05) is 0 Å². The zero-order chi connectivity index (χ0) is 18.7. The summed E-state index contributed by atoms with van der Waals surface area (Å²) in [4.78, 5) is 0. The Morgan fingerprint density at radius 3 is 1.92 bits per heavy atom. The Kier molecular flexibility index (Phi) is 6.21. The molecule has 1 aromatic rings. The fourth-order valence-electron chi connectivity index (χ4n) is 4.73. The van der Waals surface area contributed by atoms with Crippen LogP contribution in [0.5, 0.6) is 0 Å². The van der Waals surface area contributed by atoms with Gasteiger partial charge in [0.25, 0.3) is 0 Å². The Morgan fingerprint density at radius 2 is 1.38 bits per heavy atom. The first-order chi connectivity index (χ1) is 12.3. The van der Waals surface area contributed by atoms with Gasteiger partial charge in [-0.2, -0.15) is 0 Å². The van der Waals surface area contributed by atoms with Crippen molar-refractivity contribution in [2.45, 2.75) is 63.6 Å². The summed E-state index contributed by atoms with van der Waals surface area (Å²) in [5.41, 5.74) is 0.871.